The number of benzene rings is 1. The Morgan fingerprint density at radius 1 is 1.40 bits per heavy atom. The van der Waals surface area contributed by atoms with Gasteiger partial charge in [-0.3, -0.25) is 4.79 Å². The summed E-state index contributed by atoms with van der Waals surface area (Å²) in [6.45, 7) is 3.71. The van der Waals surface area contributed by atoms with Crippen molar-refractivity contribution in [3.05, 3.63) is 30.3 Å². The van der Waals surface area contributed by atoms with E-state index in [2.05, 4.69) is 0 Å². The van der Waals surface area contributed by atoms with Crippen molar-refractivity contribution >= 4 is 17.7 Å². The highest BCUT2D eigenvalue weighted by molar-refractivity contribution is 7.99. The molecule has 15 heavy (non-hydrogen) atoms. The molecule has 1 unspecified atom stereocenters. The molecule has 2 nitrogen and oxygen atoms in total. The van der Waals surface area contributed by atoms with Gasteiger partial charge in [0.2, 0.25) is 0 Å². The Bertz CT molecular complexity index is 324. The molecule has 0 aliphatic heterocycles. The summed E-state index contributed by atoms with van der Waals surface area (Å²) < 4.78 is 0. The molecule has 1 aromatic carbocycles. The first kappa shape index (κ1) is 12.1. The first-order chi connectivity index (χ1) is 7.08. The van der Waals surface area contributed by atoms with Crippen LogP contribution in [-0.2, 0) is 4.79 Å². The molecule has 0 radical (unpaired) electrons. The zero-order valence-corrected chi connectivity index (χ0v) is 9.88. The predicted octanol–water partition coefficient (Wildman–Crippen LogP) is 3.28. The molecule has 0 aliphatic rings. The predicted molar refractivity (Wildman–Crippen MR) is 63.2 cm³/mol. The molecular weight excluding hydrogens is 208 g/mol. The monoisotopic (exact) mass is 224 g/mol. The third-order valence-corrected chi connectivity index (χ3v) is 3.98. The van der Waals surface area contributed by atoms with Gasteiger partial charge in [0.1, 0.15) is 0 Å². The molecule has 0 saturated carbocycles. The van der Waals surface area contributed by atoms with Crippen LogP contribution in [0.5, 0.6) is 0 Å². The van der Waals surface area contributed by atoms with E-state index in [4.69, 9.17) is 5.11 Å². The van der Waals surface area contributed by atoms with Gasteiger partial charge in [-0.25, -0.2) is 0 Å². The Hall–Kier alpha value is -0.960. The minimum atomic E-state index is -0.714. The molecule has 0 saturated heterocycles. The summed E-state index contributed by atoms with van der Waals surface area (Å²) in [6.07, 6.45) is 0.655. The lowest BCUT2D eigenvalue weighted by atomic mass is 9.90. The fourth-order valence-electron chi connectivity index (χ4n) is 1.07. The van der Waals surface area contributed by atoms with Crippen molar-refractivity contribution in [1.29, 1.82) is 0 Å². The van der Waals surface area contributed by atoms with Crippen LogP contribution in [0.1, 0.15) is 20.3 Å². The Balaban J connectivity index is 2.59. The summed E-state index contributed by atoms with van der Waals surface area (Å²) >= 11 is 1.60. The number of thioether (sulfide) groups is 1. The van der Waals surface area contributed by atoms with Gasteiger partial charge in [-0.2, -0.15) is 0 Å². The first-order valence-corrected chi connectivity index (χ1v) is 5.98. The van der Waals surface area contributed by atoms with Crippen molar-refractivity contribution in [2.24, 2.45) is 5.41 Å². The number of carboxylic acids is 1. The van der Waals surface area contributed by atoms with Crippen molar-refractivity contribution in [2.45, 2.75) is 25.2 Å². The Morgan fingerprint density at radius 3 is 2.47 bits per heavy atom. The largest absolute Gasteiger partial charge is 0.481 e. The second kappa shape index (κ2) is 5.21. The third-order valence-electron chi connectivity index (χ3n) is 2.60. The standard InChI is InChI=1S/C12H16O2S/c1-3-12(2,11(13)14)9-15-10-7-5-4-6-8-10/h4-8H,3,9H2,1-2H3,(H,13,14). The van der Waals surface area contributed by atoms with Crippen LogP contribution >= 0.6 is 11.8 Å². The lowest BCUT2D eigenvalue weighted by Gasteiger charge is -2.22. The van der Waals surface area contributed by atoms with Crippen molar-refractivity contribution < 1.29 is 9.90 Å². The molecule has 3 heteroatoms. The van der Waals surface area contributed by atoms with Gasteiger partial charge in [0.05, 0.1) is 5.41 Å². The van der Waals surface area contributed by atoms with E-state index in [0.29, 0.717) is 12.2 Å². The maximum atomic E-state index is 11.1. The summed E-state index contributed by atoms with van der Waals surface area (Å²) in [6, 6.07) is 9.89. The molecule has 1 atom stereocenters. The minimum Gasteiger partial charge on any atom is -0.481 e. The summed E-state index contributed by atoms with van der Waals surface area (Å²) in [5.74, 6) is -0.100. The molecule has 0 aromatic heterocycles. The Morgan fingerprint density at radius 2 is 2.00 bits per heavy atom. The Labute approximate surface area is 94.7 Å². The lowest BCUT2D eigenvalue weighted by molar-refractivity contribution is -0.146. The summed E-state index contributed by atoms with van der Waals surface area (Å²) in [5, 5.41) is 9.10. The van der Waals surface area contributed by atoms with Crippen LogP contribution in [-0.4, -0.2) is 16.8 Å². The van der Waals surface area contributed by atoms with E-state index in [9.17, 15) is 4.79 Å². The van der Waals surface area contributed by atoms with Crippen molar-refractivity contribution in [1.82, 2.24) is 0 Å². The molecule has 0 spiro atoms. The van der Waals surface area contributed by atoms with Crippen LogP contribution < -0.4 is 0 Å². The van der Waals surface area contributed by atoms with Crippen LogP contribution in [0.4, 0.5) is 0 Å². The molecule has 1 aromatic rings. The zero-order valence-electron chi connectivity index (χ0n) is 9.06. The topological polar surface area (TPSA) is 37.3 Å². The van der Waals surface area contributed by atoms with Crippen molar-refractivity contribution in [2.75, 3.05) is 5.75 Å². The van der Waals surface area contributed by atoms with Gasteiger partial charge in [-0.1, -0.05) is 25.1 Å². The van der Waals surface area contributed by atoms with Crippen LogP contribution in [0.2, 0.25) is 0 Å². The quantitative estimate of drug-likeness (QED) is 0.780. The maximum absolute atomic E-state index is 11.1. The average Bonchev–Trinajstić information content (AvgIpc) is 2.27. The minimum absolute atomic E-state index is 0.614. The molecule has 1 rings (SSSR count). The van der Waals surface area contributed by atoms with E-state index in [0.717, 1.165) is 4.90 Å². The molecular formula is C12H16O2S. The summed E-state index contributed by atoms with van der Waals surface area (Å²) in [7, 11) is 0. The van der Waals surface area contributed by atoms with Crippen molar-refractivity contribution in [3.63, 3.8) is 0 Å². The van der Waals surface area contributed by atoms with Crippen LogP contribution in [0.15, 0.2) is 35.2 Å². The molecule has 82 valence electrons. The van der Waals surface area contributed by atoms with E-state index < -0.39 is 11.4 Å². The fraction of sp³-hybridized carbons (Fsp3) is 0.417. The van der Waals surface area contributed by atoms with E-state index in [1.807, 2.05) is 37.3 Å². The number of hydrogen-bond donors (Lipinski definition) is 1. The maximum Gasteiger partial charge on any atom is 0.310 e. The average molecular weight is 224 g/mol. The van der Waals surface area contributed by atoms with Gasteiger partial charge in [0, 0.05) is 10.6 Å². The normalized spacial score (nSPS) is 14.5. The second-order valence-corrected chi connectivity index (χ2v) is 4.87. The molecule has 0 bridgehead atoms. The van der Waals surface area contributed by atoms with Crippen molar-refractivity contribution in [3.8, 4) is 0 Å². The van der Waals surface area contributed by atoms with Gasteiger partial charge in [0.15, 0.2) is 0 Å². The summed E-state index contributed by atoms with van der Waals surface area (Å²) in [5.41, 5.74) is -0.624. The van der Waals surface area contributed by atoms with Gasteiger partial charge >= 0.3 is 5.97 Å². The zero-order chi connectivity index (χ0) is 11.3. The highest BCUT2D eigenvalue weighted by atomic mass is 32.2. The van der Waals surface area contributed by atoms with Gasteiger partial charge in [-0.05, 0) is 25.5 Å². The van der Waals surface area contributed by atoms with Crippen LogP contribution in [0.25, 0.3) is 0 Å². The number of carboxylic acid groups (broad SMARTS) is 1. The van der Waals surface area contributed by atoms with Gasteiger partial charge in [0.25, 0.3) is 0 Å². The van der Waals surface area contributed by atoms with Crippen LogP contribution in [0, 0.1) is 5.41 Å². The third kappa shape index (κ3) is 3.27. The molecule has 0 heterocycles. The summed E-state index contributed by atoms with van der Waals surface area (Å²) in [4.78, 5) is 12.2. The smallest absolute Gasteiger partial charge is 0.310 e. The number of rotatable bonds is 5. The number of hydrogen-bond acceptors (Lipinski definition) is 2. The fourth-order valence-corrected chi connectivity index (χ4v) is 2.24. The van der Waals surface area contributed by atoms with E-state index in [1.54, 1.807) is 18.7 Å². The number of carbonyl (C=O) groups is 1. The van der Waals surface area contributed by atoms with E-state index in [-0.39, 0.29) is 0 Å². The second-order valence-electron chi connectivity index (χ2n) is 3.82. The highest BCUT2D eigenvalue weighted by Crippen LogP contribution is 2.30. The van der Waals surface area contributed by atoms with Crippen LogP contribution in [0.3, 0.4) is 0 Å². The first-order valence-electron chi connectivity index (χ1n) is 5.00. The molecule has 0 amide bonds. The number of aliphatic carboxylic acids is 1. The highest BCUT2D eigenvalue weighted by Gasteiger charge is 2.30. The van der Waals surface area contributed by atoms with E-state index in [1.165, 1.54) is 0 Å². The molecule has 1 N–H and O–H groups in total. The van der Waals surface area contributed by atoms with E-state index >= 15 is 0 Å². The SMILES string of the molecule is CCC(C)(CSc1ccccc1)C(=O)O. The molecule has 0 aliphatic carbocycles. The molecule has 0 fully saturated rings. The van der Waals surface area contributed by atoms with Gasteiger partial charge in [-0.15, -0.1) is 11.8 Å². The lowest BCUT2D eigenvalue weighted by Crippen LogP contribution is -2.29. The Kier molecular flexibility index (Phi) is 4.21. The van der Waals surface area contributed by atoms with Gasteiger partial charge < -0.3 is 5.11 Å².